The number of carbonyl (C=O) groups is 1. The fourth-order valence-electron chi connectivity index (χ4n) is 8.91. The van der Waals surface area contributed by atoms with Crippen molar-refractivity contribution in [1.82, 2.24) is 0 Å². The van der Waals surface area contributed by atoms with E-state index in [9.17, 15) is 5.11 Å². The average molecular weight is 519 g/mol. The molecule has 0 spiro atoms. The van der Waals surface area contributed by atoms with Crippen molar-refractivity contribution in [2.24, 2.45) is 51.8 Å². The van der Waals surface area contributed by atoms with Crippen molar-refractivity contribution in [1.29, 1.82) is 0 Å². The van der Waals surface area contributed by atoms with E-state index in [0.717, 1.165) is 36.5 Å². The molecule has 3 saturated carbocycles. The van der Waals surface area contributed by atoms with Gasteiger partial charge in [-0.05, 0) is 104 Å². The molecule has 0 saturated heterocycles. The Morgan fingerprint density at radius 1 is 1.03 bits per heavy atom. The molecule has 4 aliphatic rings. The van der Waals surface area contributed by atoms with Gasteiger partial charge in [-0.25, -0.2) is 0 Å². The summed E-state index contributed by atoms with van der Waals surface area (Å²) in [5.41, 5.74) is 2.66. The molecule has 0 heterocycles. The van der Waals surface area contributed by atoms with E-state index in [0.29, 0.717) is 11.3 Å². The van der Waals surface area contributed by atoms with Crippen LogP contribution in [-0.4, -0.2) is 22.8 Å². The lowest BCUT2D eigenvalue weighted by molar-refractivity contribution is -0.122. The molecule has 8 atom stereocenters. The van der Waals surface area contributed by atoms with Gasteiger partial charge >= 0.3 is 0 Å². The predicted molar refractivity (Wildman–Crippen MR) is 160 cm³/mol. The zero-order chi connectivity index (χ0) is 28.6. The quantitative estimate of drug-likeness (QED) is 0.289. The summed E-state index contributed by atoms with van der Waals surface area (Å²) in [4.78, 5) is 8.36. The van der Waals surface area contributed by atoms with Gasteiger partial charge in [-0.3, -0.25) is 4.79 Å². The number of aliphatic hydroxyl groups is 1. The van der Waals surface area contributed by atoms with Crippen LogP contribution in [0.15, 0.2) is 24.3 Å². The van der Waals surface area contributed by atoms with E-state index in [1.54, 1.807) is 5.57 Å². The monoisotopic (exact) mass is 518 g/mol. The smallest absolute Gasteiger partial charge is 0.290 e. The van der Waals surface area contributed by atoms with Gasteiger partial charge in [0.05, 0.1) is 6.10 Å². The summed E-state index contributed by atoms with van der Waals surface area (Å²) in [6, 6.07) is 0. The van der Waals surface area contributed by atoms with Crippen molar-refractivity contribution < 1.29 is 15.0 Å². The van der Waals surface area contributed by atoms with E-state index < -0.39 is 0 Å². The lowest BCUT2D eigenvalue weighted by Gasteiger charge is -2.63. The van der Waals surface area contributed by atoms with E-state index in [-0.39, 0.29) is 29.3 Å². The van der Waals surface area contributed by atoms with E-state index >= 15 is 0 Å². The Bertz CT molecular complexity index is 737. The van der Waals surface area contributed by atoms with Crippen LogP contribution in [0.1, 0.15) is 127 Å². The highest BCUT2D eigenvalue weighted by atomic mass is 16.3. The van der Waals surface area contributed by atoms with Crippen LogP contribution in [0.4, 0.5) is 0 Å². The molecule has 3 nitrogen and oxygen atoms in total. The molecule has 3 fully saturated rings. The number of fused-ring (bicyclic) bond motifs is 5. The molecule has 0 aromatic rings. The molecule has 37 heavy (non-hydrogen) atoms. The third-order valence-electron chi connectivity index (χ3n) is 11.0. The molecule has 0 bridgehead atoms. The Hall–Kier alpha value is -1.09. The molecule has 4 aliphatic carbocycles. The van der Waals surface area contributed by atoms with Crippen molar-refractivity contribution in [2.45, 2.75) is 133 Å². The highest BCUT2D eigenvalue weighted by Crippen LogP contribution is 2.69. The van der Waals surface area contributed by atoms with Crippen LogP contribution in [0.2, 0.25) is 0 Å². The molecular formula is C34H62O3. The fraction of sp³-hybridized carbons (Fsp3) is 0.853. The first-order valence-electron chi connectivity index (χ1n) is 15.5. The zero-order valence-corrected chi connectivity index (χ0v) is 26.1. The molecule has 7 unspecified atom stereocenters. The Morgan fingerprint density at radius 3 is 2.16 bits per heavy atom. The Balaban J connectivity index is 0.000000894. The van der Waals surface area contributed by atoms with Gasteiger partial charge in [-0.15, -0.1) is 6.58 Å². The lowest BCUT2D eigenvalue weighted by Crippen LogP contribution is -2.55. The van der Waals surface area contributed by atoms with Gasteiger partial charge in [0.2, 0.25) is 0 Å². The van der Waals surface area contributed by atoms with E-state index in [1.807, 2.05) is 27.7 Å². The van der Waals surface area contributed by atoms with Crippen molar-refractivity contribution in [2.75, 3.05) is 0 Å². The van der Waals surface area contributed by atoms with Crippen molar-refractivity contribution in [3.05, 3.63) is 24.3 Å². The largest absolute Gasteiger partial charge is 0.483 e. The minimum Gasteiger partial charge on any atom is -0.483 e. The highest BCUT2D eigenvalue weighted by Gasteiger charge is 2.61. The van der Waals surface area contributed by atoms with Crippen LogP contribution in [0.3, 0.4) is 0 Å². The normalized spacial score (nSPS) is 39.6. The number of carboxylic acid groups (broad SMARTS) is 1. The summed E-state index contributed by atoms with van der Waals surface area (Å²) in [7, 11) is 0. The topological polar surface area (TPSA) is 57.5 Å². The summed E-state index contributed by atoms with van der Waals surface area (Å²) in [6.07, 6.45) is 16.2. The molecule has 0 aromatic carbocycles. The molecule has 0 aliphatic heterocycles. The molecule has 216 valence electrons. The van der Waals surface area contributed by atoms with Gasteiger partial charge in [-0.2, -0.15) is 0 Å². The number of hydrogen-bond donors (Lipinski definition) is 2. The van der Waals surface area contributed by atoms with E-state index in [1.165, 1.54) is 44.9 Å². The number of rotatable bonds is 3. The maximum atomic E-state index is 11.0. The third-order valence-corrected chi connectivity index (χ3v) is 11.0. The Labute approximate surface area is 230 Å². The second kappa shape index (κ2) is 14.3. The summed E-state index contributed by atoms with van der Waals surface area (Å²) >= 11 is 0. The van der Waals surface area contributed by atoms with Crippen LogP contribution in [0.5, 0.6) is 0 Å². The van der Waals surface area contributed by atoms with Gasteiger partial charge in [0.25, 0.3) is 6.47 Å². The highest BCUT2D eigenvalue weighted by molar-refractivity contribution is 5.33. The minimum atomic E-state index is -0.250. The third kappa shape index (κ3) is 6.56. The first-order valence-corrected chi connectivity index (χ1v) is 15.5. The second-order valence-corrected chi connectivity index (χ2v) is 13.2. The van der Waals surface area contributed by atoms with Gasteiger partial charge in [0.1, 0.15) is 0 Å². The molecule has 3 heteroatoms. The van der Waals surface area contributed by atoms with Crippen molar-refractivity contribution in [3.63, 3.8) is 0 Å². The van der Waals surface area contributed by atoms with Crippen LogP contribution in [0.25, 0.3) is 0 Å². The SMILES string of the molecule is C=CC1C(O)CCC(C)(C)[C@]2(C)C3=CCC4CC(CC(C)C)CCC4(C)C3CCC12.CC.CC.O=CO. The molecule has 2 N–H and O–H groups in total. The summed E-state index contributed by atoms with van der Waals surface area (Å²) in [5, 5.41) is 17.9. The van der Waals surface area contributed by atoms with Gasteiger partial charge < -0.3 is 10.2 Å². The number of allylic oxidation sites excluding steroid dienone is 2. The lowest BCUT2D eigenvalue weighted by atomic mass is 9.41. The summed E-state index contributed by atoms with van der Waals surface area (Å²) < 4.78 is 0. The van der Waals surface area contributed by atoms with E-state index in [2.05, 4.69) is 60.3 Å². The van der Waals surface area contributed by atoms with Crippen molar-refractivity contribution in [3.8, 4) is 0 Å². The van der Waals surface area contributed by atoms with Crippen molar-refractivity contribution >= 4 is 6.47 Å². The molecule has 0 amide bonds. The minimum absolute atomic E-state index is 0.176. The first kappa shape index (κ1) is 33.9. The maximum Gasteiger partial charge on any atom is 0.290 e. The standard InChI is InChI=1S/C29H48O.2C2H6.CH2O2/c1-8-22-23-11-12-24-25(29(23,7)27(4,5)15-14-26(22)30)10-9-21-18-20(17-19(2)3)13-16-28(21,24)6;2*1-2;2-1-3/h8,10,19-24,26,30H,1,9,11-18H2,2-7H3;2*1-2H3;1H,(H,2,3)/t20?,21?,22?,23?,24?,26?,28?,29-;;;/m0.../s1. The Kier molecular flexibility index (Phi) is 13.2. The van der Waals surface area contributed by atoms with Gasteiger partial charge in [0, 0.05) is 5.92 Å². The predicted octanol–water partition coefficient (Wildman–Crippen LogP) is 9.55. The average Bonchev–Trinajstić information content (AvgIpc) is 2.94. The number of aliphatic hydroxyl groups excluding tert-OH is 1. The molecule has 4 rings (SSSR count). The zero-order valence-electron chi connectivity index (χ0n) is 26.1. The fourth-order valence-corrected chi connectivity index (χ4v) is 8.91. The van der Waals surface area contributed by atoms with E-state index in [4.69, 9.17) is 9.90 Å². The Morgan fingerprint density at radius 2 is 1.62 bits per heavy atom. The molecule has 0 aromatic heterocycles. The van der Waals surface area contributed by atoms with Crippen LogP contribution >= 0.6 is 0 Å². The summed E-state index contributed by atoms with van der Waals surface area (Å²) in [5.74, 6) is 4.17. The summed E-state index contributed by atoms with van der Waals surface area (Å²) in [6.45, 7) is 27.0. The van der Waals surface area contributed by atoms with Crippen LogP contribution in [-0.2, 0) is 4.79 Å². The maximum absolute atomic E-state index is 11.0. The number of hydrogen-bond acceptors (Lipinski definition) is 2. The van der Waals surface area contributed by atoms with Crippen LogP contribution in [0, 0.1) is 51.8 Å². The van der Waals surface area contributed by atoms with Gasteiger partial charge in [0.15, 0.2) is 0 Å². The van der Waals surface area contributed by atoms with Gasteiger partial charge in [-0.1, -0.05) is 87.0 Å². The molecule has 0 radical (unpaired) electrons. The first-order chi connectivity index (χ1) is 17.5. The molecular weight excluding hydrogens is 456 g/mol. The second-order valence-electron chi connectivity index (χ2n) is 13.2. The van der Waals surface area contributed by atoms with Crippen LogP contribution < -0.4 is 0 Å².